The topological polar surface area (TPSA) is 64.7 Å². The van der Waals surface area contributed by atoms with Gasteiger partial charge in [0, 0.05) is 38.3 Å². The molecule has 2 bridgehead atoms. The van der Waals surface area contributed by atoms with E-state index < -0.39 is 0 Å². The highest BCUT2D eigenvalue weighted by Crippen LogP contribution is 2.31. The Labute approximate surface area is 145 Å². The molecule has 136 valence electrons. The van der Waals surface area contributed by atoms with E-state index in [1.807, 2.05) is 4.90 Å². The van der Waals surface area contributed by atoms with E-state index in [4.69, 9.17) is 0 Å². The van der Waals surface area contributed by atoms with Crippen molar-refractivity contribution in [3.8, 4) is 0 Å². The Morgan fingerprint density at radius 3 is 2.75 bits per heavy atom. The molecule has 3 fully saturated rings. The van der Waals surface area contributed by atoms with Crippen molar-refractivity contribution in [2.45, 2.75) is 58.0 Å². The lowest BCUT2D eigenvalue weighted by atomic mass is 9.96. The summed E-state index contributed by atoms with van der Waals surface area (Å²) in [7, 11) is 0. The Kier molecular flexibility index (Phi) is 5.64. The molecule has 0 aromatic heterocycles. The van der Waals surface area contributed by atoms with Gasteiger partial charge >= 0.3 is 6.03 Å². The molecule has 0 spiro atoms. The van der Waals surface area contributed by atoms with Gasteiger partial charge in [-0.05, 0) is 44.6 Å². The summed E-state index contributed by atoms with van der Waals surface area (Å²) in [5.74, 6) is 0.703. The van der Waals surface area contributed by atoms with Gasteiger partial charge in [0.2, 0.25) is 5.91 Å². The Balaban J connectivity index is 1.60. The highest BCUT2D eigenvalue weighted by Gasteiger charge is 2.41. The Morgan fingerprint density at radius 1 is 1.17 bits per heavy atom. The van der Waals surface area contributed by atoms with E-state index in [0.717, 1.165) is 51.7 Å². The molecule has 0 aromatic carbocycles. The van der Waals surface area contributed by atoms with Crippen LogP contribution >= 0.6 is 0 Å². The monoisotopic (exact) mass is 336 g/mol. The van der Waals surface area contributed by atoms with Gasteiger partial charge in [0.25, 0.3) is 0 Å². The van der Waals surface area contributed by atoms with Gasteiger partial charge in [0.15, 0.2) is 0 Å². The number of nitrogens with zero attached hydrogens (tertiary/aromatic N) is 2. The summed E-state index contributed by atoms with van der Waals surface area (Å²) < 4.78 is 0. The predicted molar refractivity (Wildman–Crippen MR) is 93.7 cm³/mol. The number of hydrogen-bond donors (Lipinski definition) is 2. The van der Waals surface area contributed by atoms with Crippen LogP contribution in [0.15, 0.2) is 0 Å². The molecule has 6 heteroatoms. The third kappa shape index (κ3) is 3.85. The quantitative estimate of drug-likeness (QED) is 0.819. The largest absolute Gasteiger partial charge is 0.338 e. The fraction of sp³-hybridized carbons (Fsp3) is 0.889. The SMILES string of the molecule is CC(C)CNC(=O)N1CCCC(C(=O)N2C3CCNCC2CC3)C1. The minimum Gasteiger partial charge on any atom is -0.338 e. The molecule has 3 amide bonds. The lowest BCUT2D eigenvalue weighted by molar-refractivity contribution is -0.139. The highest BCUT2D eigenvalue weighted by atomic mass is 16.2. The Hall–Kier alpha value is -1.30. The molecular weight excluding hydrogens is 304 g/mol. The van der Waals surface area contributed by atoms with Crippen molar-refractivity contribution < 1.29 is 9.59 Å². The summed E-state index contributed by atoms with van der Waals surface area (Å²) in [4.78, 5) is 29.5. The standard InChI is InChI=1S/C18H32N4O2/c1-13(2)10-20-18(24)21-9-3-4-14(12-21)17(23)22-15-5-6-16(22)11-19-8-7-15/h13-16,19H,3-12H2,1-2H3,(H,20,24). The molecule has 3 heterocycles. The van der Waals surface area contributed by atoms with Crippen LogP contribution in [0.4, 0.5) is 4.79 Å². The number of carbonyl (C=O) groups excluding carboxylic acids is 2. The van der Waals surface area contributed by atoms with Gasteiger partial charge in [-0.25, -0.2) is 4.79 Å². The molecule has 3 aliphatic heterocycles. The predicted octanol–water partition coefficient (Wildman–Crippen LogP) is 1.42. The van der Waals surface area contributed by atoms with Gasteiger partial charge in [-0.15, -0.1) is 0 Å². The zero-order valence-corrected chi connectivity index (χ0v) is 15.1. The second kappa shape index (κ2) is 7.72. The van der Waals surface area contributed by atoms with Gasteiger partial charge in [-0.3, -0.25) is 4.79 Å². The van der Waals surface area contributed by atoms with Gasteiger partial charge in [-0.1, -0.05) is 13.8 Å². The third-order valence-electron chi connectivity index (χ3n) is 5.63. The van der Waals surface area contributed by atoms with Crippen molar-refractivity contribution in [2.24, 2.45) is 11.8 Å². The number of hydrogen-bond acceptors (Lipinski definition) is 3. The van der Waals surface area contributed by atoms with Crippen molar-refractivity contribution in [1.82, 2.24) is 20.4 Å². The number of rotatable bonds is 3. The molecule has 3 unspecified atom stereocenters. The highest BCUT2D eigenvalue weighted by molar-refractivity contribution is 5.82. The van der Waals surface area contributed by atoms with Crippen LogP contribution in [0.3, 0.4) is 0 Å². The van der Waals surface area contributed by atoms with E-state index in [-0.39, 0.29) is 17.9 Å². The van der Waals surface area contributed by atoms with E-state index in [0.29, 0.717) is 31.1 Å². The fourth-order valence-corrected chi connectivity index (χ4v) is 4.32. The summed E-state index contributed by atoms with van der Waals surface area (Å²) in [6, 6.07) is 0.750. The maximum Gasteiger partial charge on any atom is 0.317 e. The van der Waals surface area contributed by atoms with Crippen LogP contribution in [0.5, 0.6) is 0 Å². The first-order valence-electron chi connectivity index (χ1n) is 9.62. The van der Waals surface area contributed by atoms with E-state index >= 15 is 0 Å². The van der Waals surface area contributed by atoms with Crippen LogP contribution in [0, 0.1) is 11.8 Å². The smallest absolute Gasteiger partial charge is 0.317 e. The summed E-state index contributed by atoms with van der Waals surface area (Å²) in [5.41, 5.74) is 0. The third-order valence-corrected chi connectivity index (χ3v) is 5.63. The van der Waals surface area contributed by atoms with Gasteiger partial charge in [-0.2, -0.15) is 0 Å². The van der Waals surface area contributed by atoms with Crippen LogP contribution in [0.1, 0.15) is 46.0 Å². The molecule has 3 atom stereocenters. The van der Waals surface area contributed by atoms with Crippen molar-refractivity contribution in [1.29, 1.82) is 0 Å². The average molecular weight is 336 g/mol. The van der Waals surface area contributed by atoms with E-state index in [1.165, 1.54) is 0 Å². The minimum atomic E-state index is -0.0234. The zero-order valence-electron chi connectivity index (χ0n) is 15.1. The summed E-state index contributed by atoms with van der Waals surface area (Å²) >= 11 is 0. The van der Waals surface area contributed by atoms with Crippen LogP contribution in [-0.2, 0) is 4.79 Å². The molecule has 24 heavy (non-hydrogen) atoms. The lowest BCUT2D eigenvalue weighted by Gasteiger charge is -2.37. The number of fused-ring (bicyclic) bond motifs is 2. The molecular formula is C18H32N4O2. The van der Waals surface area contributed by atoms with Crippen LogP contribution in [0.2, 0.25) is 0 Å². The second-order valence-electron chi connectivity index (χ2n) is 7.99. The average Bonchev–Trinajstić information content (AvgIpc) is 2.84. The number of nitrogens with one attached hydrogen (secondary N) is 2. The molecule has 0 aromatic rings. The maximum atomic E-state index is 13.1. The van der Waals surface area contributed by atoms with Crippen molar-refractivity contribution in [3.05, 3.63) is 0 Å². The van der Waals surface area contributed by atoms with Crippen LogP contribution in [-0.4, -0.2) is 66.5 Å². The summed E-state index contributed by atoms with van der Waals surface area (Å²) in [5, 5.41) is 6.44. The first-order chi connectivity index (χ1) is 11.6. The van der Waals surface area contributed by atoms with Gasteiger partial charge in [0.1, 0.15) is 0 Å². The molecule has 0 saturated carbocycles. The second-order valence-corrected chi connectivity index (χ2v) is 7.99. The Morgan fingerprint density at radius 2 is 1.96 bits per heavy atom. The normalized spacial score (nSPS) is 30.4. The number of urea groups is 1. The van der Waals surface area contributed by atoms with E-state index in [9.17, 15) is 9.59 Å². The molecule has 6 nitrogen and oxygen atoms in total. The van der Waals surface area contributed by atoms with Crippen LogP contribution in [0.25, 0.3) is 0 Å². The van der Waals surface area contributed by atoms with Crippen molar-refractivity contribution >= 4 is 11.9 Å². The summed E-state index contributed by atoms with van der Waals surface area (Å²) in [6.45, 7) is 8.15. The Bertz CT molecular complexity index is 454. The van der Waals surface area contributed by atoms with Crippen molar-refractivity contribution in [3.63, 3.8) is 0 Å². The molecule has 3 rings (SSSR count). The number of amides is 3. The molecule has 3 aliphatic rings. The van der Waals surface area contributed by atoms with Gasteiger partial charge in [0.05, 0.1) is 5.92 Å². The molecule has 3 saturated heterocycles. The zero-order chi connectivity index (χ0) is 17.1. The number of carbonyl (C=O) groups is 2. The first-order valence-corrected chi connectivity index (χ1v) is 9.62. The van der Waals surface area contributed by atoms with Crippen molar-refractivity contribution in [2.75, 3.05) is 32.7 Å². The molecule has 0 radical (unpaired) electrons. The van der Waals surface area contributed by atoms with Crippen LogP contribution < -0.4 is 10.6 Å². The van der Waals surface area contributed by atoms with E-state index in [2.05, 4.69) is 29.4 Å². The summed E-state index contributed by atoms with van der Waals surface area (Å²) in [6.07, 6.45) is 5.16. The number of piperidine rings is 1. The first kappa shape index (κ1) is 17.5. The van der Waals surface area contributed by atoms with Gasteiger partial charge < -0.3 is 20.4 Å². The number of likely N-dealkylation sites (tertiary alicyclic amines) is 1. The fourth-order valence-electron chi connectivity index (χ4n) is 4.32. The maximum absolute atomic E-state index is 13.1. The van der Waals surface area contributed by atoms with E-state index in [1.54, 1.807) is 0 Å². The minimum absolute atomic E-state index is 0.0123. The molecule has 0 aliphatic carbocycles. The molecule has 2 N–H and O–H groups in total. The lowest BCUT2D eigenvalue weighted by Crippen LogP contribution is -2.52.